The average molecular weight is 544 g/mol. The number of carbonyl (C=O) groups excluding carboxylic acids is 1. The van der Waals surface area contributed by atoms with E-state index in [0.717, 1.165) is 0 Å². The summed E-state index contributed by atoms with van der Waals surface area (Å²) < 4.78 is 11.5. The van der Waals surface area contributed by atoms with E-state index in [4.69, 9.17) is 9.47 Å². The summed E-state index contributed by atoms with van der Waals surface area (Å²) in [5.74, 6) is 0.576. The Morgan fingerprint density at radius 3 is 1.67 bits per heavy atom. The van der Waals surface area contributed by atoms with Crippen LogP contribution in [0.1, 0.15) is 25.0 Å². The molecule has 2 amide bonds. The van der Waals surface area contributed by atoms with Crippen molar-refractivity contribution in [3.63, 3.8) is 0 Å². The molecular weight excluding hydrogens is 524 g/mol. The van der Waals surface area contributed by atoms with Gasteiger partial charge in [-0.05, 0) is 81.1 Å². The van der Waals surface area contributed by atoms with Crippen molar-refractivity contribution in [1.82, 2.24) is 10.9 Å². The Labute approximate surface area is 190 Å². The summed E-state index contributed by atoms with van der Waals surface area (Å²) in [7, 11) is 0. The van der Waals surface area contributed by atoms with E-state index >= 15 is 0 Å². The number of amides is 2. The van der Waals surface area contributed by atoms with Crippen molar-refractivity contribution in [1.29, 1.82) is 0 Å². The lowest BCUT2D eigenvalue weighted by molar-refractivity contribution is 0.242. The van der Waals surface area contributed by atoms with E-state index in [-0.39, 0.29) is 11.5 Å². The van der Waals surface area contributed by atoms with Crippen LogP contribution in [-0.2, 0) is 0 Å². The number of nitrogens with one attached hydrogen (secondary N) is 2. The third-order valence-electron chi connectivity index (χ3n) is 3.46. The number of nitrogens with zero attached hydrogens (tertiary/aromatic N) is 2. The number of benzene rings is 2. The maximum absolute atomic E-state index is 11.8. The lowest BCUT2D eigenvalue weighted by Gasteiger charge is -2.08. The van der Waals surface area contributed by atoms with E-state index in [9.17, 15) is 15.0 Å². The van der Waals surface area contributed by atoms with Gasteiger partial charge in [0.05, 0.1) is 34.6 Å². The highest BCUT2D eigenvalue weighted by atomic mass is 79.9. The lowest BCUT2D eigenvalue weighted by atomic mass is 10.2. The molecule has 9 nitrogen and oxygen atoms in total. The molecule has 0 radical (unpaired) electrons. The number of halogens is 2. The Balaban J connectivity index is 1.95. The second-order valence-corrected chi connectivity index (χ2v) is 7.34. The number of phenols is 2. The molecule has 2 aromatic rings. The summed E-state index contributed by atoms with van der Waals surface area (Å²) in [5, 5.41) is 27.4. The number of rotatable bonds is 8. The Hall–Kier alpha value is -2.79. The molecule has 4 N–H and O–H groups in total. The number of hydrogen-bond acceptors (Lipinski definition) is 7. The van der Waals surface area contributed by atoms with Crippen molar-refractivity contribution in [2.45, 2.75) is 13.8 Å². The number of phenolic OH excluding ortho intramolecular Hbond substituents is 2. The number of urea groups is 1. The minimum absolute atomic E-state index is 0.0117. The molecule has 0 spiro atoms. The van der Waals surface area contributed by atoms with Crippen molar-refractivity contribution >= 4 is 50.3 Å². The molecule has 0 aliphatic rings. The van der Waals surface area contributed by atoms with Gasteiger partial charge < -0.3 is 19.7 Å². The SMILES string of the molecule is CCOc1cc(C=NNC(=O)NN=Cc2cc(Br)c(O)c(OCC)c2)cc(Br)c1O. The Morgan fingerprint density at radius 2 is 1.30 bits per heavy atom. The third kappa shape index (κ3) is 6.63. The number of hydrogen-bond donors (Lipinski definition) is 4. The molecule has 0 atom stereocenters. The fourth-order valence-corrected chi connectivity index (χ4v) is 3.14. The molecule has 0 aliphatic heterocycles. The van der Waals surface area contributed by atoms with Crippen LogP contribution in [-0.4, -0.2) is 41.9 Å². The monoisotopic (exact) mass is 542 g/mol. The fourth-order valence-electron chi connectivity index (χ4n) is 2.22. The van der Waals surface area contributed by atoms with Crippen molar-refractivity contribution in [3.05, 3.63) is 44.3 Å². The lowest BCUT2D eigenvalue weighted by Crippen LogP contribution is -2.28. The van der Waals surface area contributed by atoms with Gasteiger partial charge in [0.2, 0.25) is 0 Å². The van der Waals surface area contributed by atoms with Gasteiger partial charge in [-0.25, -0.2) is 15.6 Å². The molecule has 30 heavy (non-hydrogen) atoms. The van der Waals surface area contributed by atoms with E-state index in [0.29, 0.717) is 44.8 Å². The smallest absolute Gasteiger partial charge is 0.355 e. The van der Waals surface area contributed by atoms with Crippen LogP contribution in [0.4, 0.5) is 4.79 Å². The second-order valence-electron chi connectivity index (χ2n) is 5.63. The molecule has 0 bridgehead atoms. The third-order valence-corrected chi connectivity index (χ3v) is 4.67. The molecule has 0 saturated carbocycles. The Kier molecular flexibility index (Phi) is 8.93. The Bertz CT molecular complexity index is 891. The van der Waals surface area contributed by atoms with Crippen LogP contribution in [0.3, 0.4) is 0 Å². The standard InChI is InChI=1S/C19H20Br2N4O5/c1-3-29-15-7-11(5-13(20)17(15)26)9-22-24-19(28)25-23-10-12-6-14(21)18(27)16(8-12)30-4-2/h5-10,26-27H,3-4H2,1-2H3,(H2,24,25,28). The zero-order valence-corrected chi connectivity index (χ0v) is 19.3. The summed E-state index contributed by atoms with van der Waals surface area (Å²) in [4.78, 5) is 11.8. The number of ether oxygens (including phenoxy) is 2. The quantitative estimate of drug-likeness (QED) is 0.295. The molecule has 160 valence electrons. The van der Waals surface area contributed by atoms with Crippen molar-refractivity contribution in [3.8, 4) is 23.0 Å². The molecule has 0 fully saturated rings. The zero-order chi connectivity index (χ0) is 22.1. The van der Waals surface area contributed by atoms with Crippen LogP contribution in [0.5, 0.6) is 23.0 Å². The molecule has 0 aromatic heterocycles. The zero-order valence-electron chi connectivity index (χ0n) is 16.1. The molecule has 0 unspecified atom stereocenters. The maximum atomic E-state index is 11.8. The largest absolute Gasteiger partial charge is 0.503 e. The minimum Gasteiger partial charge on any atom is -0.503 e. The first-order valence-electron chi connectivity index (χ1n) is 8.78. The van der Waals surface area contributed by atoms with Gasteiger partial charge in [0.1, 0.15) is 0 Å². The van der Waals surface area contributed by atoms with Gasteiger partial charge in [0.25, 0.3) is 0 Å². The van der Waals surface area contributed by atoms with Gasteiger partial charge in [-0.1, -0.05) is 0 Å². The van der Waals surface area contributed by atoms with Crippen LogP contribution in [0.2, 0.25) is 0 Å². The van der Waals surface area contributed by atoms with E-state index in [1.54, 1.807) is 38.1 Å². The summed E-state index contributed by atoms with van der Waals surface area (Å²) in [6.45, 7) is 4.38. The highest BCUT2D eigenvalue weighted by Gasteiger charge is 2.09. The van der Waals surface area contributed by atoms with Gasteiger partial charge >= 0.3 is 6.03 Å². The molecule has 0 aliphatic carbocycles. The van der Waals surface area contributed by atoms with Gasteiger partial charge in [-0.2, -0.15) is 10.2 Å². The van der Waals surface area contributed by atoms with Crippen LogP contribution in [0, 0.1) is 0 Å². The first-order valence-corrected chi connectivity index (χ1v) is 10.4. The Morgan fingerprint density at radius 1 is 0.900 bits per heavy atom. The first kappa shape index (κ1) is 23.5. The average Bonchev–Trinajstić information content (AvgIpc) is 2.69. The van der Waals surface area contributed by atoms with Crippen LogP contribution in [0.15, 0.2) is 43.4 Å². The highest BCUT2D eigenvalue weighted by molar-refractivity contribution is 9.10. The van der Waals surface area contributed by atoms with E-state index < -0.39 is 6.03 Å². The number of aromatic hydroxyl groups is 2. The molecule has 11 heteroatoms. The van der Waals surface area contributed by atoms with E-state index in [1.165, 1.54) is 12.4 Å². The summed E-state index contributed by atoms with van der Waals surface area (Å²) >= 11 is 6.46. The first-order chi connectivity index (χ1) is 14.3. The van der Waals surface area contributed by atoms with Crippen LogP contribution < -0.4 is 20.3 Å². The molecule has 0 saturated heterocycles. The van der Waals surface area contributed by atoms with Gasteiger partial charge in [-0.15, -0.1) is 0 Å². The van der Waals surface area contributed by atoms with Crippen molar-refractivity contribution < 1.29 is 24.5 Å². The van der Waals surface area contributed by atoms with Gasteiger partial charge in [-0.3, -0.25) is 0 Å². The fraction of sp³-hybridized carbons (Fsp3) is 0.211. The normalized spacial score (nSPS) is 11.1. The molecule has 0 heterocycles. The summed E-state index contributed by atoms with van der Waals surface area (Å²) in [6.07, 6.45) is 2.78. The highest BCUT2D eigenvalue weighted by Crippen LogP contribution is 2.35. The van der Waals surface area contributed by atoms with E-state index in [1.807, 2.05) is 0 Å². The van der Waals surface area contributed by atoms with Crippen molar-refractivity contribution in [2.75, 3.05) is 13.2 Å². The second kappa shape index (κ2) is 11.4. The van der Waals surface area contributed by atoms with E-state index in [2.05, 4.69) is 52.9 Å². The predicted molar refractivity (Wildman–Crippen MR) is 121 cm³/mol. The topological polar surface area (TPSA) is 125 Å². The maximum Gasteiger partial charge on any atom is 0.355 e. The molecular formula is C19H20Br2N4O5. The van der Waals surface area contributed by atoms with Crippen molar-refractivity contribution in [2.24, 2.45) is 10.2 Å². The van der Waals surface area contributed by atoms with Crippen LogP contribution >= 0.6 is 31.9 Å². The van der Waals surface area contributed by atoms with Crippen LogP contribution in [0.25, 0.3) is 0 Å². The summed E-state index contributed by atoms with van der Waals surface area (Å²) in [5.41, 5.74) is 5.74. The summed E-state index contributed by atoms with van der Waals surface area (Å²) in [6, 6.07) is 5.76. The van der Waals surface area contributed by atoms with Gasteiger partial charge in [0.15, 0.2) is 23.0 Å². The minimum atomic E-state index is -0.659. The molecule has 2 rings (SSSR count). The number of carbonyl (C=O) groups is 1. The van der Waals surface area contributed by atoms with Gasteiger partial charge in [0, 0.05) is 0 Å². The molecule has 2 aromatic carbocycles. The number of hydrazone groups is 2. The predicted octanol–water partition coefficient (Wildman–Crippen LogP) is 4.09.